The van der Waals surface area contributed by atoms with Gasteiger partial charge in [-0.3, -0.25) is 4.98 Å². The van der Waals surface area contributed by atoms with Gasteiger partial charge in [-0.05, 0) is 36.8 Å². The molecular weight excluding hydrogens is 312 g/mol. The third kappa shape index (κ3) is 5.07. The smallest absolute Gasteiger partial charge is 0.490 e. The second-order valence-electron chi connectivity index (χ2n) is 4.31. The van der Waals surface area contributed by atoms with Crippen LogP contribution in [0.2, 0.25) is 0 Å². The van der Waals surface area contributed by atoms with Crippen molar-refractivity contribution < 1.29 is 73.5 Å². The van der Waals surface area contributed by atoms with E-state index < -0.39 is 18.3 Å². The van der Waals surface area contributed by atoms with Crippen LogP contribution in [0.4, 0.5) is 17.3 Å². The monoisotopic (exact) mass is 323 g/mol. The maximum atomic E-state index is 12.9. The van der Waals surface area contributed by atoms with Gasteiger partial charge in [-0.1, -0.05) is 11.5 Å². The van der Waals surface area contributed by atoms with E-state index in [0.717, 1.165) is 17.7 Å². The van der Waals surface area contributed by atoms with E-state index in [1.807, 2.05) is 0 Å². The molecule has 1 aromatic heterocycles. The molecule has 1 aromatic carbocycles. The van der Waals surface area contributed by atoms with E-state index >= 15 is 0 Å². The van der Waals surface area contributed by atoms with Gasteiger partial charge in [0.05, 0.1) is 11.4 Å². The van der Waals surface area contributed by atoms with Gasteiger partial charge < -0.3 is 17.7 Å². The molecule has 1 heterocycles. The second kappa shape index (κ2) is 7.73. The fourth-order valence-corrected chi connectivity index (χ4v) is 1.72. The number of pyridine rings is 1. The van der Waals surface area contributed by atoms with Gasteiger partial charge in [0, 0.05) is 6.20 Å². The van der Waals surface area contributed by atoms with E-state index in [1.165, 1.54) is 6.20 Å². The van der Waals surface area contributed by atoms with Crippen molar-refractivity contribution in [1.82, 2.24) is 4.98 Å². The van der Waals surface area contributed by atoms with Crippen LogP contribution in [0, 0.1) is 12.7 Å². The first kappa shape index (κ1) is 18.6. The van der Waals surface area contributed by atoms with Gasteiger partial charge in [-0.15, -0.1) is 0 Å². The molecule has 0 saturated carbocycles. The molecule has 2 rings (SSSR count). The van der Waals surface area contributed by atoms with E-state index in [0.29, 0.717) is 11.8 Å². The Morgan fingerprint density at radius 3 is 2.52 bits per heavy atom. The summed E-state index contributed by atoms with van der Waals surface area (Å²) in [5.74, 6) is -1.33. The maximum Gasteiger partial charge on any atom is 1.00 e. The normalized spacial score (nSPS) is 10.9. The Labute approximate surface area is 162 Å². The van der Waals surface area contributed by atoms with Crippen LogP contribution in [0.25, 0.3) is 0 Å². The molecule has 21 heavy (non-hydrogen) atoms. The van der Waals surface area contributed by atoms with Crippen LogP contribution >= 0.6 is 0 Å². The molecule has 0 N–H and O–H groups in total. The quantitative estimate of drug-likeness (QED) is 0.591. The van der Waals surface area contributed by atoms with Gasteiger partial charge in [-0.2, -0.15) is 0 Å². The molecule has 0 amide bonds. The minimum Gasteiger partial charge on any atom is -0.490 e. The number of halogens is 4. The standard InChI is InChI=1S/C13H11BF4NO.K/c1-9-3-2-6-19-12(9)8-20-13-5-4-10(15)7-11(13)14(16,17)18;/h2-7H,8H2,1H3;/q-1;+1. The van der Waals surface area contributed by atoms with Crippen LogP contribution in [0.3, 0.4) is 0 Å². The summed E-state index contributed by atoms with van der Waals surface area (Å²) >= 11 is 0. The molecule has 0 aliphatic rings. The molecule has 0 saturated heterocycles. The van der Waals surface area contributed by atoms with Crippen molar-refractivity contribution in [3.8, 4) is 5.75 Å². The van der Waals surface area contributed by atoms with E-state index in [2.05, 4.69) is 4.98 Å². The number of rotatable bonds is 4. The van der Waals surface area contributed by atoms with E-state index in [9.17, 15) is 17.3 Å². The zero-order valence-electron chi connectivity index (χ0n) is 11.6. The minimum atomic E-state index is -5.33. The molecule has 0 fully saturated rings. The summed E-state index contributed by atoms with van der Waals surface area (Å²) in [6, 6.07) is 5.87. The first-order valence-electron chi connectivity index (χ1n) is 5.90. The number of hydrogen-bond acceptors (Lipinski definition) is 2. The zero-order valence-corrected chi connectivity index (χ0v) is 14.7. The van der Waals surface area contributed by atoms with Crippen molar-refractivity contribution in [2.45, 2.75) is 13.5 Å². The minimum absolute atomic E-state index is 0. The summed E-state index contributed by atoms with van der Waals surface area (Å²) in [5, 5.41) is 0. The van der Waals surface area contributed by atoms with Gasteiger partial charge in [0.1, 0.15) is 12.4 Å². The largest absolute Gasteiger partial charge is 1.00 e. The Balaban J connectivity index is 0.00000220. The molecule has 0 aliphatic heterocycles. The van der Waals surface area contributed by atoms with Crippen LogP contribution in [0.1, 0.15) is 11.3 Å². The Morgan fingerprint density at radius 2 is 1.90 bits per heavy atom. The van der Waals surface area contributed by atoms with E-state index in [4.69, 9.17) is 4.74 Å². The van der Waals surface area contributed by atoms with Crippen molar-refractivity contribution in [2.24, 2.45) is 0 Å². The number of hydrogen-bond donors (Lipinski definition) is 0. The molecule has 106 valence electrons. The number of ether oxygens (including phenoxy) is 1. The van der Waals surface area contributed by atoms with Crippen molar-refractivity contribution in [2.75, 3.05) is 0 Å². The summed E-state index contributed by atoms with van der Waals surface area (Å²) in [6.07, 6.45) is 1.53. The Kier molecular flexibility index (Phi) is 6.86. The van der Waals surface area contributed by atoms with Crippen LogP contribution < -0.4 is 61.6 Å². The summed E-state index contributed by atoms with van der Waals surface area (Å²) in [7, 11) is 0. The molecule has 0 unspecified atom stereocenters. The summed E-state index contributed by atoms with van der Waals surface area (Å²) in [4.78, 5) is 4.03. The van der Waals surface area contributed by atoms with Gasteiger partial charge >= 0.3 is 58.4 Å². The second-order valence-corrected chi connectivity index (χ2v) is 4.31. The van der Waals surface area contributed by atoms with Crippen LogP contribution in [0.15, 0.2) is 36.5 Å². The van der Waals surface area contributed by atoms with Gasteiger partial charge in [-0.25, -0.2) is 4.39 Å². The summed E-state index contributed by atoms with van der Waals surface area (Å²) in [6.45, 7) is -3.65. The zero-order chi connectivity index (χ0) is 14.8. The van der Waals surface area contributed by atoms with Crippen LogP contribution in [0.5, 0.6) is 5.75 Å². The average molecular weight is 323 g/mol. The topological polar surface area (TPSA) is 22.1 Å². The predicted octanol–water partition coefficient (Wildman–Crippen LogP) is 0.167. The third-order valence-electron chi connectivity index (χ3n) is 2.81. The first-order valence-corrected chi connectivity index (χ1v) is 5.90. The maximum absolute atomic E-state index is 12.9. The van der Waals surface area contributed by atoms with Gasteiger partial charge in [0.15, 0.2) is 0 Å². The fourth-order valence-electron chi connectivity index (χ4n) is 1.72. The van der Waals surface area contributed by atoms with Crippen molar-refractivity contribution in [3.05, 3.63) is 53.6 Å². The van der Waals surface area contributed by atoms with E-state index in [1.54, 1.807) is 19.1 Å². The fraction of sp³-hybridized carbons (Fsp3) is 0.154. The Hall–Kier alpha value is -0.409. The number of nitrogens with zero attached hydrogens (tertiary/aromatic N) is 1. The molecule has 2 nitrogen and oxygen atoms in total. The molecule has 0 bridgehead atoms. The van der Waals surface area contributed by atoms with Gasteiger partial charge in [0.2, 0.25) is 0 Å². The molecule has 0 aliphatic carbocycles. The molecule has 0 atom stereocenters. The third-order valence-corrected chi connectivity index (χ3v) is 2.81. The van der Waals surface area contributed by atoms with E-state index in [-0.39, 0.29) is 63.7 Å². The average Bonchev–Trinajstić information content (AvgIpc) is 2.38. The first-order chi connectivity index (χ1) is 9.38. The molecule has 0 spiro atoms. The molecule has 0 radical (unpaired) electrons. The van der Waals surface area contributed by atoms with Crippen LogP contribution in [-0.4, -0.2) is 12.0 Å². The molecule has 8 heteroatoms. The molecular formula is C13H11BF4KNO. The predicted molar refractivity (Wildman–Crippen MR) is 68.4 cm³/mol. The Morgan fingerprint density at radius 1 is 1.19 bits per heavy atom. The summed E-state index contributed by atoms with van der Waals surface area (Å²) < 4.78 is 56.6. The number of aryl methyl sites for hydroxylation is 1. The Bertz CT molecular complexity index is 621. The number of aromatic nitrogens is 1. The van der Waals surface area contributed by atoms with Gasteiger partial charge in [0.25, 0.3) is 0 Å². The van der Waals surface area contributed by atoms with Crippen molar-refractivity contribution >= 4 is 12.4 Å². The van der Waals surface area contributed by atoms with Crippen molar-refractivity contribution in [1.29, 1.82) is 0 Å². The summed E-state index contributed by atoms with van der Waals surface area (Å²) in [5.41, 5.74) is 0.282. The molecule has 2 aromatic rings. The van der Waals surface area contributed by atoms with Crippen LogP contribution in [-0.2, 0) is 6.61 Å². The SMILES string of the molecule is Cc1cccnc1COc1ccc(F)cc1[B-](F)(F)F.[K+]. The number of benzene rings is 1. The van der Waals surface area contributed by atoms with Crippen molar-refractivity contribution in [3.63, 3.8) is 0 Å².